The molecule has 0 aliphatic heterocycles. The van der Waals surface area contributed by atoms with E-state index in [0.29, 0.717) is 0 Å². The summed E-state index contributed by atoms with van der Waals surface area (Å²) in [6.45, 7) is 0.773. The van der Waals surface area contributed by atoms with E-state index < -0.39 is 11.8 Å². The van der Waals surface area contributed by atoms with Gasteiger partial charge in [-0.3, -0.25) is 4.79 Å². The second-order valence-electron chi connectivity index (χ2n) is 3.01. The number of benzene rings is 1. The van der Waals surface area contributed by atoms with Crippen LogP contribution in [0.1, 0.15) is 22.8 Å². The van der Waals surface area contributed by atoms with Gasteiger partial charge in [0.15, 0.2) is 0 Å². The minimum atomic E-state index is -3.00. The lowest BCUT2D eigenvalue weighted by molar-refractivity contribution is 0.0164. The van der Waals surface area contributed by atoms with Gasteiger partial charge in [0.05, 0.1) is 0 Å². The summed E-state index contributed by atoms with van der Waals surface area (Å²) in [7, 11) is 1.41. The van der Waals surface area contributed by atoms with Gasteiger partial charge in [0.25, 0.3) is 11.8 Å². The predicted octanol–water partition coefficient (Wildman–Crippen LogP) is 2.16. The molecule has 0 heterocycles. The lowest BCUT2D eigenvalue weighted by Crippen LogP contribution is -2.22. The molecule has 1 aromatic rings. The number of carbonyl (C=O) groups is 1. The molecule has 0 aromatic heterocycles. The first-order valence-corrected chi connectivity index (χ1v) is 4.16. The van der Waals surface area contributed by atoms with Gasteiger partial charge in [0.2, 0.25) is 0 Å². The van der Waals surface area contributed by atoms with Crippen LogP contribution < -0.4 is 5.32 Å². The summed E-state index contributed by atoms with van der Waals surface area (Å²) < 4.78 is 26.1. The van der Waals surface area contributed by atoms with Crippen molar-refractivity contribution in [1.82, 2.24) is 5.32 Å². The smallest absolute Gasteiger partial charge is 0.271 e. The molecular formula is C10H11F2NO. The van der Waals surface area contributed by atoms with Gasteiger partial charge in [-0.15, -0.1) is 0 Å². The van der Waals surface area contributed by atoms with E-state index in [9.17, 15) is 13.6 Å². The van der Waals surface area contributed by atoms with Gasteiger partial charge in [-0.1, -0.05) is 18.2 Å². The third-order valence-corrected chi connectivity index (χ3v) is 1.87. The molecule has 0 radical (unpaired) electrons. The minimum absolute atomic E-state index is 0.0162. The number of hydrogen-bond acceptors (Lipinski definition) is 1. The van der Waals surface area contributed by atoms with Crippen LogP contribution in [0.2, 0.25) is 0 Å². The highest BCUT2D eigenvalue weighted by molar-refractivity contribution is 5.95. The summed E-state index contributed by atoms with van der Waals surface area (Å²) in [4.78, 5) is 11.2. The van der Waals surface area contributed by atoms with Crippen LogP contribution in [0.25, 0.3) is 0 Å². The Morgan fingerprint density at radius 1 is 1.36 bits per heavy atom. The number of rotatable bonds is 2. The van der Waals surface area contributed by atoms with Crippen LogP contribution in [-0.4, -0.2) is 13.0 Å². The molecule has 0 aliphatic rings. The van der Waals surface area contributed by atoms with Crippen molar-refractivity contribution in [3.8, 4) is 0 Å². The van der Waals surface area contributed by atoms with E-state index >= 15 is 0 Å². The first kappa shape index (κ1) is 10.6. The maximum atomic E-state index is 13.0. The lowest BCUT2D eigenvalue weighted by atomic mass is 10.0. The van der Waals surface area contributed by atoms with Crippen molar-refractivity contribution in [3.05, 3.63) is 35.4 Å². The maximum absolute atomic E-state index is 13.0. The zero-order valence-electron chi connectivity index (χ0n) is 7.97. The molecule has 0 aliphatic carbocycles. The molecule has 0 saturated heterocycles. The molecular weight excluding hydrogens is 188 g/mol. The number of alkyl halides is 2. The van der Waals surface area contributed by atoms with Crippen LogP contribution in [0.15, 0.2) is 24.3 Å². The van der Waals surface area contributed by atoms with Gasteiger partial charge in [0, 0.05) is 25.1 Å². The molecule has 0 spiro atoms. The zero-order chi connectivity index (χ0) is 10.8. The Balaban J connectivity index is 3.23. The number of hydrogen-bond donors (Lipinski definition) is 1. The number of amides is 1. The third-order valence-electron chi connectivity index (χ3n) is 1.87. The molecule has 0 saturated carbocycles. The zero-order valence-corrected chi connectivity index (χ0v) is 7.97. The first-order chi connectivity index (χ1) is 6.46. The average Bonchev–Trinajstić information content (AvgIpc) is 2.15. The second-order valence-corrected chi connectivity index (χ2v) is 3.01. The van der Waals surface area contributed by atoms with Crippen molar-refractivity contribution < 1.29 is 13.6 Å². The Morgan fingerprint density at radius 2 is 1.93 bits per heavy atom. The van der Waals surface area contributed by atoms with Gasteiger partial charge >= 0.3 is 0 Å². The molecule has 2 nitrogen and oxygen atoms in total. The quantitative estimate of drug-likeness (QED) is 0.776. The monoisotopic (exact) mass is 199 g/mol. The van der Waals surface area contributed by atoms with E-state index in [2.05, 4.69) is 5.32 Å². The van der Waals surface area contributed by atoms with Crippen LogP contribution in [0.3, 0.4) is 0 Å². The molecule has 4 heteroatoms. The van der Waals surface area contributed by atoms with E-state index in [0.717, 1.165) is 6.92 Å². The lowest BCUT2D eigenvalue weighted by Gasteiger charge is -2.14. The molecule has 1 N–H and O–H groups in total. The molecule has 0 fully saturated rings. The molecule has 1 rings (SSSR count). The van der Waals surface area contributed by atoms with Crippen molar-refractivity contribution in [2.75, 3.05) is 7.05 Å². The fraction of sp³-hybridized carbons (Fsp3) is 0.300. The van der Waals surface area contributed by atoms with Crippen LogP contribution >= 0.6 is 0 Å². The Kier molecular flexibility index (Phi) is 2.84. The van der Waals surface area contributed by atoms with Crippen LogP contribution in [0.4, 0.5) is 8.78 Å². The van der Waals surface area contributed by atoms with Gasteiger partial charge < -0.3 is 5.32 Å². The molecule has 14 heavy (non-hydrogen) atoms. The topological polar surface area (TPSA) is 29.1 Å². The Labute approximate surface area is 80.9 Å². The average molecular weight is 199 g/mol. The Hall–Kier alpha value is -1.45. The van der Waals surface area contributed by atoms with Crippen molar-refractivity contribution in [2.45, 2.75) is 12.8 Å². The van der Waals surface area contributed by atoms with E-state index in [1.807, 2.05) is 0 Å². The highest BCUT2D eigenvalue weighted by Crippen LogP contribution is 2.29. The third kappa shape index (κ3) is 2.07. The minimum Gasteiger partial charge on any atom is -0.355 e. The number of nitrogens with one attached hydrogen (secondary N) is 1. The normalized spacial score (nSPS) is 11.1. The highest BCUT2D eigenvalue weighted by Gasteiger charge is 2.28. The van der Waals surface area contributed by atoms with Crippen molar-refractivity contribution in [1.29, 1.82) is 0 Å². The summed E-state index contributed by atoms with van der Waals surface area (Å²) in [6.07, 6.45) is 0. The van der Waals surface area contributed by atoms with Crippen molar-refractivity contribution >= 4 is 5.91 Å². The van der Waals surface area contributed by atoms with Crippen LogP contribution in [0, 0.1) is 0 Å². The fourth-order valence-corrected chi connectivity index (χ4v) is 1.20. The Bertz CT molecular complexity index is 344. The number of carbonyl (C=O) groups excluding carboxylic acids is 1. The highest BCUT2D eigenvalue weighted by atomic mass is 19.3. The molecule has 76 valence electrons. The van der Waals surface area contributed by atoms with Gasteiger partial charge in [-0.25, -0.2) is 8.78 Å². The largest absolute Gasteiger partial charge is 0.355 e. The van der Waals surface area contributed by atoms with E-state index in [4.69, 9.17) is 0 Å². The second kappa shape index (κ2) is 3.74. The molecule has 0 unspecified atom stereocenters. The molecule has 0 bridgehead atoms. The molecule has 1 amide bonds. The SMILES string of the molecule is CNC(=O)c1ccccc1C(C)(F)F. The van der Waals surface area contributed by atoms with Crippen LogP contribution in [-0.2, 0) is 5.92 Å². The van der Waals surface area contributed by atoms with Crippen LogP contribution in [0.5, 0.6) is 0 Å². The standard InChI is InChI=1S/C10H11F2NO/c1-10(11,12)8-6-4-3-5-7(8)9(14)13-2/h3-6H,1-2H3,(H,13,14). The van der Waals surface area contributed by atoms with Gasteiger partial charge in [-0.2, -0.15) is 0 Å². The maximum Gasteiger partial charge on any atom is 0.271 e. The first-order valence-electron chi connectivity index (χ1n) is 4.16. The van der Waals surface area contributed by atoms with E-state index in [-0.39, 0.29) is 11.1 Å². The molecule has 0 atom stereocenters. The summed E-state index contributed by atoms with van der Waals surface area (Å²) >= 11 is 0. The van der Waals surface area contributed by atoms with Crippen molar-refractivity contribution in [2.24, 2.45) is 0 Å². The summed E-state index contributed by atoms with van der Waals surface area (Å²) in [5, 5.41) is 2.32. The van der Waals surface area contributed by atoms with E-state index in [1.165, 1.54) is 25.2 Å². The summed E-state index contributed by atoms with van der Waals surface area (Å²) in [6, 6.07) is 5.68. The molecule has 1 aromatic carbocycles. The fourth-order valence-electron chi connectivity index (χ4n) is 1.20. The summed E-state index contributed by atoms with van der Waals surface area (Å²) in [5.41, 5.74) is -0.234. The van der Waals surface area contributed by atoms with Crippen molar-refractivity contribution in [3.63, 3.8) is 0 Å². The summed E-state index contributed by atoms with van der Waals surface area (Å²) in [5.74, 6) is -3.49. The van der Waals surface area contributed by atoms with Gasteiger partial charge in [-0.05, 0) is 6.07 Å². The van der Waals surface area contributed by atoms with Gasteiger partial charge in [0.1, 0.15) is 0 Å². The van der Waals surface area contributed by atoms with E-state index in [1.54, 1.807) is 6.07 Å². The number of halogens is 2. The predicted molar refractivity (Wildman–Crippen MR) is 49.4 cm³/mol. The Morgan fingerprint density at radius 3 is 2.43 bits per heavy atom.